The van der Waals surface area contributed by atoms with Gasteiger partial charge in [-0.2, -0.15) is 0 Å². The number of hydrogen-bond donors (Lipinski definition) is 6. The molecule has 0 unspecified atom stereocenters. The topological polar surface area (TPSA) is 177 Å². The van der Waals surface area contributed by atoms with Crippen LogP contribution in [0.2, 0.25) is 0 Å². The largest absolute Gasteiger partial charge is 0.508 e. The second-order valence-corrected chi connectivity index (χ2v) is 10.5. The number of carbonyl (C=O) groups excluding carboxylic acids is 4. The predicted octanol–water partition coefficient (Wildman–Crippen LogP) is 1.32. The molecule has 0 aliphatic heterocycles. The highest BCUT2D eigenvalue weighted by Gasteiger charge is 2.29. The lowest BCUT2D eigenvalue weighted by atomic mass is 9.96. The van der Waals surface area contributed by atoms with Crippen molar-refractivity contribution in [3.8, 4) is 5.75 Å². The van der Waals surface area contributed by atoms with Gasteiger partial charge in [0, 0.05) is 12.8 Å². The first-order chi connectivity index (χ1) is 19.9. The lowest BCUT2D eigenvalue weighted by Gasteiger charge is -2.24. The first-order valence-corrected chi connectivity index (χ1v) is 13.8. The van der Waals surface area contributed by atoms with Gasteiger partial charge in [0.25, 0.3) is 0 Å². The molecule has 0 bridgehead atoms. The van der Waals surface area contributed by atoms with E-state index in [0.29, 0.717) is 0 Å². The highest BCUT2D eigenvalue weighted by atomic mass is 16.3. The van der Waals surface area contributed by atoms with Gasteiger partial charge in [-0.1, -0.05) is 60.7 Å². The Morgan fingerprint density at radius 2 is 1.19 bits per heavy atom. The number of rotatable bonds is 13. The molecular weight excluding hydrogens is 534 g/mol. The number of carbonyl (C=O) groups is 4. The summed E-state index contributed by atoms with van der Waals surface area (Å²) in [5.41, 5.74) is 15.8. The first-order valence-electron chi connectivity index (χ1n) is 13.8. The fourth-order valence-corrected chi connectivity index (χ4v) is 4.69. The Kier molecular flexibility index (Phi) is 11.2. The van der Waals surface area contributed by atoms with Gasteiger partial charge in [-0.05, 0) is 67.1 Å². The minimum atomic E-state index is -1.05. The summed E-state index contributed by atoms with van der Waals surface area (Å²) in [5.74, 6) is -2.29. The normalized spacial score (nSPS) is 13.7. The second kappa shape index (κ2) is 14.8. The maximum Gasteiger partial charge on any atom is 0.243 e. The van der Waals surface area contributed by atoms with Crippen molar-refractivity contribution in [1.29, 1.82) is 0 Å². The summed E-state index contributed by atoms with van der Waals surface area (Å²) in [7, 11) is 0. The molecule has 0 spiro atoms. The van der Waals surface area contributed by atoms with E-state index in [1.807, 2.05) is 74.5 Å². The standard InChI is InChI=1S/C32H39N5O5/c1-19-14-24(38)15-20(2)25(19)18-26(33)31(41)35-21(3)30(40)37-28(17-23-12-8-5-9-13-23)32(42)36-27(29(34)39)16-22-10-6-4-7-11-22/h4-15,21,26-28,38H,16-18,33H2,1-3H3,(H2,34,39)(H,35,41)(H,36,42)(H,37,40)/t21-,26-,27-,28-/m0/s1. The highest BCUT2D eigenvalue weighted by Crippen LogP contribution is 2.21. The Morgan fingerprint density at radius 3 is 1.69 bits per heavy atom. The molecule has 0 fully saturated rings. The van der Waals surface area contributed by atoms with Crippen molar-refractivity contribution < 1.29 is 24.3 Å². The van der Waals surface area contributed by atoms with Gasteiger partial charge in [0.2, 0.25) is 23.6 Å². The fraction of sp³-hybridized carbons (Fsp3) is 0.312. The number of phenols is 1. The van der Waals surface area contributed by atoms with Crippen LogP contribution in [0.1, 0.15) is 34.7 Å². The summed E-state index contributed by atoms with van der Waals surface area (Å²) in [6.45, 7) is 5.14. The number of primary amides is 1. The van der Waals surface area contributed by atoms with Gasteiger partial charge in [0.1, 0.15) is 23.9 Å². The third-order valence-corrected chi connectivity index (χ3v) is 7.05. The summed E-state index contributed by atoms with van der Waals surface area (Å²) in [5, 5.41) is 17.8. The van der Waals surface area contributed by atoms with Crippen LogP contribution in [0.15, 0.2) is 72.8 Å². The highest BCUT2D eigenvalue weighted by molar-refractivity contribution is 5.94. The Morgan fingerprint density at radius 1 is 0.714 bits per heavy atom. The van der Waals surface area contributed by atoms with Crippen LogP contribution in [0.4, 0.5) is 0 Å². The van der Waals surface area contributed by atoms with Gasteiger partial charge in [-0.25, -0.2) is 0 Å². The van der Waals surface area contributed by atoms with Crippen LogP contribution in [0.3, 0.4) is 0 Å². The molecule has 3 aromatic carbocycles. The van der Waals surface area contributed by atoms with E-state index < -0.39 is 47.8 Å². The van der Waals surface area contributed by atoms with Crippen LogP contribution >= 0.6 is 0 Å². The number of benzene rings is 3. The Labute approximate surface area is 245 Å². The molecule has 10 heteroatoms. The van der Waals surface area contributed by atoms with Crippen molar-refractivity contribution in [2.75, 3.05) is 0 Å². The third kappa shape index (κ3) is 9.17. The summed E-state index contributed by atoms with van der Waals surface area (Å²) in [6.07, 6.45) is 0.556. The van der Waals surface area contributed by atoms with Crippen LogP contribution in [0, 0.1) is 13.8 Å². The molecule has 222 valence electrons. The Bertz CT molecular complexity index is 1370. The zero-order chi connectivity index (χ0) is 30.8. The maximum atomic E-state index is 13.4. The maximum absolute atomic E-state index is 13.4. The molecule has 3 rings (SSSR count). The molecule has 4 atom stereocenters. The molecule has 0 saturated carbocycles. The van der Waals surface area contributed by atoms with Crippen LogP contribution in [0.5, 0.6) is 5.75 Å². The van der Waals surface area contributed by atoms with Crippen LogP contribution < -0.4 is 27.4 Å². The molecule has 3 aromatic rings. The molecule has 0 heterocycles. The van der Waals surface area contributed by atoms with Gasteiger partial charge in [-0.3, -0.25) is 19.2 Å². The zero-order valence-electron chi connectivity index (χ0n) is 24.1. The summed E-state index contributed by atoms with van der Waals surface area (Å²) < 4.78 is 0. The monoisotopic (exact) mass is 573 g/mol. The average Bonchev–Trinajstić information content (AvgIpc) is 2.94. The number of amides is 4. The minimum Gasteiger partial charge on any atom is -0.508 e. The quantitative estimate of drug-likeness (QED) is 0.180. The molecule has 42 heavy (non-hydrogen) atoms. The van der Waals surface area contributed by atoms with Crippen molar-refractivity contribution in [3.63, 3.8) is 0 Å². The molecule has 0 aliphatic carbocycles. The van der Waals surface area contributed by atoms with E-state index in [4.69, 9.17) is 11.5 Å². The van der Waals surface area contributed by atoms with E-state index in [2.05, 4.69) is 16.0 Å². The van der Waals surface area contributed by atoms with Crippen molar-refractivity contribution in [2.24, 2.45) is 11.5 Å². The van der Waals surface area contributed by atoms with E-state index >= 15 is 0 Å². The van der Waals surface area contributed by atoms with Crippen LogP contribution in [-0.2, 0) is 38.4 Å². The molecule has 4 amide bonds. The SMILES string of the molecule is Cc1cc(O)cc(C)c1C[C@H](N)C(=O)N[C@@H](C)C(=O)N[C@@H](Cc1ccccc1)C(=O)N[C@@H](Cc1ccccc1)C(N)=O. The fourth-order valence-electron chi connectivity index (χ4n) is 4.69. The van der Waals surface area contributed by atoms with Crippen LogP contribution in [-0.4, -0.2) is 52.9 Å². The molecule has 10 nitrogen and oxygen atoms in total. The van der Waals surface area contributed by atoms with E-state index in [-0.39, 0.29) is 25.0 Å². The number of hydrogen-bond acceptors (Lipinski definition) is 6. The lowest BCUT2D eigenvalue weighted by Crippen LogP contribution is -2.57. The molecular formula is C32H39N5O5. The summed E-state index contributed by atoms with van der Waals surface area (Å²) in [6, 6.07) is 17.5. The minimum absolute atomic E-state index is 0.133. The average molecular weight is 574 g/mol. The van der Waals surface area contributed by atoms with E-state index in [1.165, 1.54) is 6.92 Å². The predicted molar refractivity (Wildman–Crippen MR) is 160 cm³/mol. The Hall–Kier alpha value is -4.70. The number of nitrogens with one attached hydrogen (secondary N) is 3. The lowest BCUT2D eigenvalue weighted by molar-refractivity contribution is -0.133. The van der Waals surface area contributed by atoms with Gasteiger partial charge >= 0.3 is 0 Å². The smallest absolute Gasteiger partial charge is 0.243 e. The van der Waals surface area contributed by atoms with E-state index in [0.717, 1.165) is 27.8 Å². The van der Waals surface area contributed by atoms with Crippen molar-refractivity contribution in [3.05, 3.63) is 101 Å². The van der Waals surface area contributed by atoms with Gasteiger partial charge in [0.05, 0.1) is 6.04 Å². The van der Waals surface area contributed by atoms with Crippen molar-refractivity contribution >= 4 is 23.6 Å². The summed E-state index contributed by atoms with van der Waals surface area (Å²) in [4.78, 5) is 51.6. The third-order valence-electron chi connectivity index (χ3n) is 7.05. The first kappa shape index (κ1) is 31.8. The zero-order valence-corrected chi connectivity index (χ0v) is 24.1. The molecule has 0 saturated heterocycles. The molecule has 8 N–H and O–H groups in total. The second-order valence-electron chi connectivity index (χ2n) is 10.5. The van der Waals surface area contributed by atoms with Gasteiger partial charge in [-0.15, -0.1) is 0 Å². The number of aryl methyl sites for hydroxylation is 2. The van der Waals surface area contributed by atoms with E-state index in [9.17, 15) is 24.3 Å². The Balaban J connectivity index is 1.68. The molecule has 0 radical (unpaired) electrons. The number of aromatic hydroxyl groups is 1. The molecule has 0 aromatic heterocycles. The van der Waals surface area contributed by atoms with Crippen LogP contribution in [0.25, 0.3) is 0 Å². The van der Waals surface area contributed by atoms with E-state index in [1.54, 1.807) is 12.1 Å². The summed E-state index contributed by atoms with van der Waals surface area (Å²) >= 11 is 0. The number of phenolic OH excluding ortho intramolecular Hbond substituents is 1. The van der Waals surface area contributed by atoms with Gasteiger partial charge < -0.3 is 32.5 Å². The van der Waals surface area contributed by atoms with Gasteiger partial charge in [0.15, 0.2) is 0 Å². The van der Waals surface area contributed by atoms with Crippen molar-refractivity contribution in [1.82, 2.24) is 16.0 Å². The van der Waals surface area contributed by atoms with Crippen molar-refractivity contribution in [2.45, 2.75) is 64.2 Å². The molecule has 0 aliphatic rings. The number of nitrogens with two attached hydrogens (primary N) is 2.